The summed E-state index contributed by atoms with van der Waals surface area (Å²) in [4.78, 5) is 37.9. The van der Waals surface area contributed by atoms with Gasteiger partial charge in [-0.1, -0.05) is 0 Å². The number of aryl methyl sites for hydroxylation is 1. The van der Waals surface area contributed by atoms with Gasteiger partial charge in [0.2, 0.25) is 17.7 Å². The minimum atomic E-state index is -0.505. The summed E-state index contributed by atoms with van der Waals surface area (Å²) in [5.41, 5.74) is 8.46. The number of ether oxygens (including phenoxy) is 1. The van der Waals surface area contributed by atoms with E-state index >= 15 is 0 Å². The number of benzene rings is 1. The molecule has 0 aliphatic rings. The third-order valence-corrected chi connectivity index (χ3v) is 4.46. The number of oxazole rings is 1. The lowest BCUT2D eigenvalue weighted by atomic mass is 10.2. The number of aromatic nitrogens is 4. The molecule has 0 radical (unpaired) electrons. The smallest absolute Gasteiger partial charge is 0.417 e. The van der Waals surface area contributed by atoms with Gasteiger partial charge < -0.3 is 25.5 Å². The van der Waals surface area contributed by atoms with Gasteiger partial charge >= 0.3 is 5.76 Å². The standard InChI is InChI=1S/C21H21N7O4/c1-11-9-24-20(26-14-4-6-18(23-10-14)31-12(2)7-17(22)29)28-19(11)25-13-3-5-16-15(8-13)27-21(30)32-16/h3-6,8-10,12H,7H2,1-2H3,(H2,22,29)(H,27,30)(H2,24,25,26,28). The second-order valence-corrected chi connectivity index (χ2v) is 7.18. The minimum Gasteiger partial charge on any atom is -0.474 e. The van der Waals surface area contributed by atoms with Crippen LogP contribution in [-0.4, -0.2) is 31.9 Å². The molecule has 164 valence electrons. The predicted octanol–water partition coefficient (Wildman–Crippen LogP) is 2.74. The number of H-pyrrole nitrogens is 1. The van der Waals surface area contributed by atoms with Crippen molar-refractivity contribution in [3.05, 3.63) is 58.8 Å². The van der Waals surface area contributed by atoms with Gasteiger partial charge in [-0.15, -0.1) is 0 Å². The van der Waals surface area contributed by atoms with Crippen LogP contribution < -0.4 is 26.9 Å². The van der Waals surface area contributed by atoms with E-state index in [-0.39, 0.29) is 12.5 Å². The summed E-state index contributed by atoms with van der Waals surface area (Å²) < 4.78 is 10.6. The molecule has 0 aliphatic heterocycles. The fourth-order valence-electron chi connectivity index (χ4n) is 2.98. The van der Waals surface area contributed by atoms with Crippen LogP contribution in [0.1, 0.15) is 18.9 Å². The van der Waals surface area contributed by atoms with Crippen molar-refractivity contribution in [2.75, 3.05) is 10.6 Å². The normalized spacial score (nSPS) is 11.8. The molecule has 4 rings (SSSR count). The number of nitrogens with two attached hydrogens (primary N) is 1. The van der Waals surface area contributed by atoms with Crippen LogP contribution in [0.5, 0.6) is 5.88 Å². The first-order valence-corrected chi connectivity index (χ1v) is 9.77. The molecule has 1 aromatic carbocycles. The second kappa shape index (κ2) is 8.76. The zero-order chi connectivity index (χ0) is 22.7. The van der Waals surface area contributed by atoms with E-state index in [2.05, 4.69) is 30.6 Å². The van der Waals surface area contributed by atoms with E-state index in [1.807, 2.05) is 6.92 Å². The number of aromatic amines is 1. The van der Waals surface area contributed by atoms with Crippen LogP contribution in [0.3, 0.4) is 0 Å². The molecule has 11 heteroatoms. The predicted molar refractivity (Wildman–Crippen MR) is 118 cm³/mol. The Morgan fingerprint density at radius 3 is 2.75 bits per heavy atom. The van der Waals surface area contributed by atoms with Gasteiger partial charge in [0, 0.05) is 23.5 Å². The number of carbonyl (C=O) groups excluding carboxylic acids is 1. The lowest BCUT2D eigenvalue weighted by molar-refractivity contribution is -0.119. The molecule has 1 amide bonds. The molecule has 0 bridgehead atoms. The SMILES string of the molecule is Cc1cnc(Nc2ccc(OC(C)CC(N)=O)nc2)nc1Nc1ccc2oc(=O)[nH]c2c1. The first-order chi connectivity index (χ1) is 15.4. The van der Waals surface area contributed by atoms with Gasteiger partial charge in [-0.3, -0.25) is 9.78 Å². The van der Waals surface area contributed by atoms with Crippen LogP contribution in [0, 0.1) is 6.92 Å². The Kier molecular flexibility index (Phi) is 5.71. The first-order valence-electron chi connectivity index (χ1n) is 9.77. The molecule has 0 fully saturated rings. The molecule has 32 heavy (non-hydrogen) atoms. The van der Waals surface area contributed by atoms with Gasteiger partial charge in [0.1, 0.15) is 11.9 Å². The minimum absolute atomic E-state index is 0.109. The number of anilines is 4. The molecule has 11 nitrogen and oxygen atoms in total. The maximum atomic E-state index is 11.3. The molecule has 0 spiro atoms. The van der Waals surface area contributed by atoms with E-state index in [9.17, 15) is 9.59 Å². The maximum absolute atomic E-state index is 11.3. The summed E-state index contributed by atoms with van der Waals surface area (Å²) in [5, 5.41) is 6.30. The molecule has 0 saturated carbocycles. The third kappa shape index (κ3) is 5.01. The number of pyridine rings is 1. The van der Waals surface area contributed by atoms with Crippen LogP contribution in [-0.2, 0) is 4.79 Å². The summed E-state index contributed by atoms with van der Waals surface area (Å²) in [5.74, 6) is 0.405. The molecular formula is C21H21N7O4. The van der Waals surface area contributed by atoms with Crippen molar-refractivity contribution in [3.8, 4) is 5.88 Å². The molecule has 3 aromatic heterocycles. The van der Waals surface area contributed by atoms with Crippen molar-refractivity contribution in [2.24, 2.45) is 5.73 Å². The summed E-state index contributed by atoms with van der Waals surface area (Å²) >= 11 is 0. The highest BCUT2D eigenvalue weighted by Crippen LogP contribution is 2.23. The number of nitrogens with one attached hydrogen (secondary N) is 3. The first kappa shape index (κ1) is 20.8. The Hall–Kier alpha value is -4.41. The number of primary amides is 1. The Morgan fingerprint density at radius 1 is 1.19 bits per heavy atom. The lowest BCUT2D eigenvalue weighted by Crippen LogP contribution is -2.22. The zero-order valence-corrected chi connectivity index (χ0v) is 17.4. The fourth-order valence-corrected chi connectivity index (χ4v) is 2.98. The maximum Gasteiger partial charge on any atom is 0.417 e. The monoisotopic (exact) mass is 435 g/mol. The van der Waals surface area contributed by atoms with E-state index in [1.54, 1.807) is 49.6 Å². The highest BCUT2D eigenvalue weighted by Gasteiger charge is 2.10. The zero-order valence-electron chi connectivity index (χ0n) is 17.4. The molecule has 0 saturated heterocycles. The van der Waals surface area contributed by atoms with Crippen molar-refractivity contribution in [1.29, 1.82) is 0 Å². The highest BCUT2D eigenvalue weighted by atomic mass is 16.5. The molecule has 0 aliphatic carbocycles. The fraction of sp³-hybridized carbons (Fsp3) is 0.190. The molecule has 3 heterocycles. The summed E-state index contributed by atoms with van der Waals surface area (Å²) in [6.07, 6.45) is 3.00. The highest BCUT2D eigenvalue weighted by molar-refractivity contribution is 5.78. The van der Waals surface area contributed by atoms with Gasteiger partial charge in [0.15, 0.2) is 5.58 Å². The largest absolute Gasteiger partial charge is 0.474 e. The Labute approximate surface area is 182 Å². The van der Waals surface area contributed by atoms with Gasteiger partial charge in [-0.2, -0.15) is 4.98 Å². The van der Waals surface area contributed by atoms with Crippen molar-refractivity contribution in [1.82, 2.24) is 19.9 Å². The van der Waals surface area contributed by atoms with Crippen molar-refractivity contribution in [3.63, 3.8) is 0 Å². The molecular weight excluding hydrogens is 414 g/mol. The van der Waals surface area contributed by atoms with Crippen molar-refractivity contribution in [2.45, 2.75) is 26.4 Å². The average molecular weight is 435 g/mol. The number of nitrogens with zero attached hydrogens (tertiary/aromatic N) is 3. The average Bonchev–Trinajstić information content (AvgIpc) is 3.10. The van der Waals surface area contributed by atoms with Gasteiger partial charge in [-0.05, 0) is 38.1 Å². The van der Waals surface area contributed by atoms with Gasteiger partial charge in [0.05, 0.1) is 23.8 Å². The number of hydrogen-bond donors (Lipinski definition) is 4. The quantitative estimate of drug-likeness (QED) is 0.326. The Morgan fingerprint density at radius 2 is 2.00 bits per heavy atom. The van der Waals surface area contributed by atoms with E-state index in [0.29, 0.717) is 34.4 Å². The van der Waals surface area contributed by atoms with Crippen LogP contribution in [0.25, 0.3) is 11.1 Å². The van der Waals surface area contributed by atoms with Gasteiger partial charge in [0.25, 0.3) is 0 Å². The lowest BCUT2D eigenvalue weighted by Gasteiger charge is -2.13. The van der Waals surface area contributed by atoms with E-state index in [1.165, 1.54) is 0 Å². The number of rotatable bonds is 8. The third-order valence-electron chi connectivity index (χ3n) is 4.46. The number of amides is 1. The Bertz CT molecular complexity index is 1310. The topological polar surface area (TPSA) is 161 Å². The van der Waals surface area contributed by atoms with Crippen LogP contribution >= 0.6 is 0 Å². The van der Waals surface area contributed by atoms with Crippen LogP contribution in [0.4, 0.5) is 23.1 Å². The molecule has 5 N–H and O–H groups in total. The molecule has 4 aromatic rings. The van der Waals surface area contributed by atoms with E-state index < -0.39 is 11.7 Å². The summed E-state index contributed by atoms with van der Waals surface area (Å²) in [7, 11) is 0. The number of fused-ring (bicyclic) bond motifs is 1. The molecule has 1 atom stereocenters. The second-order valence-electron chi connectivity index (χ2n) is 7.18. The van der Waals surface area contributed by atoms with E-state index in [4.69, 9.17) is 14.9 Å². The van der Waals surface area contributed by atoms with Crippen molar-refractivity contribution < 1.29 is 13.9 Å². The Balaban J connectivity index is 1.46. The number of carbonyl (C=O) groups is 1. The summed E-state index contributed by atoms with van der Waals surface area (Å²) in [6, 6.07) is 8.68. The number of hydrogen-bond acceptors (Lipinski definition) is 9. The van der Waals surface area contributed by atoms with E-state index in [0.717, 1.165) is 11.3 Å². The molecule has 1 unspecified atom stereocenters. The van der Waals surface area contributed by atoms with Crippen LogP contribution in [0.2, 0.25) is 0 Å². The summed E-state index contributed by atoms with van der Waals surface area (Å²) in [6.45, 7) is 3.63. The van der Waals surface area contributed by atoms with Crippen molar-refractivity contribution >= 4 is 40.1 Å². The van der Waals surface area contributed by atoms with Gasteiger partial charge in [-0.25, -0.2) is 14.8 Å². The van der Waals surface area contributed by atoms with Crippen LogP contribution in [0.15, 0.2) is 51.9 Å².